The van der Waals surface area contributed by atoms with Crippen LogP contribution >= 0.6 is 11.8 Å². The van der Waals surface area contributed by atoms with Gasteiger partial charge in [-0.25, -0.2) is 9.58 Å². The smallest absolute Gasteiger partial charge is 0.296 e. The quantitative estimate of drug-likeness (QED) is 0.624. The van der Waals surface area contributed by atoms with E-state index in [1.807, 2.05) is 36.4 Å². The minimum atomic E-state index is -0.362. The highest BCUT2D eigenvalue weighted by Gasteiger charge is 2.36. The number of amides is 2. The van der Waals surface area contributed by atoms with Crippen LogP contribution in [0.5, 0.6) is 0 Å². The molecule has 2 aliphatic rings. The van der Waals surface area contributed by atoms with Crippen molar-refractivity contribution in [1.29, 1.82) is 0 Å². The summed E-state index contributed by atoms with van der Waals surface area (Å²) >= 11 is 1.18. The van der Waals surface area contributed by atoms with Crippen molar-refractivity contribution in [1.82, 2.24) is 9.36 Å². The Hall–Kier alpha value is -3.92. The number of benzene rings is 2. The van der Waals surface area contributed by atoms with Crippen LogP contribution in [0.15, 0.2) is 69.6 Å². The monoisotopic (exact) mass is 446 g/mol. The number of fused-ring (bicyclic) bond motifs is 1. The van der Waals surface area contributed by atoms with Gasteiger partial charge in [0.2, 0.25) is 5.91 Å². The van der Waals surface area contributed by atoms with E-state index in [0.717, 1.165) is 0 Å². The number of anilines is 2. The molecule has 9 nitrogen and oxygen atoms in total. The van der Waals surface area contributed by atoms with Crippen molar-refractivity contribution in [2.75, 3.05) is 16.0 Å². The fourth-order valence-electron chi connectivity index (χ4n) is 3.76. The van der Waals surface area contributed by atoms with Crippen molar-refractivity contribution < 1.29 is 9.59 Å². The summed E-state index contributed by atoms with van der Waals surface area (Å²) in [6, 6.07) is 16.4. The Labute approximate surface area is 187 Å². The average molecular weight is 446 g/mol. The molecular formula is C22H18N6O3S. The maximum atomic E-state index is 13.3. The number of thioether (sulfide) groups is 1. The van der Waals surface area contributed by atoms with E-state index in [0.29, 0.717) is 22.6 Å². The summed E-state index contributed by atoms with van der Waals surface area (Å²) in [5, 5.41) is 11.4. The highest BCUT2D eigenvalue weighted by molar-refractivity contribution is 8.15. The number of amidine groups is 1. The van der Waals surface area contributed by atoms with Crippen LogP contribution in [-0.4, -0.2) is 37.8 Å². The molecule has 3 heterocycles. The summed E-state index contributed by atoms with van der Waals surface area (Å²) in [6.07, 6.45) is 0. The van der Waals surface area contributed by atoms with Gasteiger partial charge in [0.15, 0.2) is 10.9 Å². The van der Waals surface area contributed by atoms with Gasteiger partial charge in [-0.15, -0.1) is 10.2 Å². The Morgan fingerprint density at radius 1 is 0.969 bits per heavy atom. The maximum absolute atomic E-state index is 13.3. The van der Waals surface area contributed by atoms with Gasteiger partial charge in [-0.2, -0.15) is 0 Å². The molecule has 0 saturated carbocycles. The predicted octanol–water partition coefficient (Wildman–Crippen LogP) is 2.28. The molecule has 2 aromatic carbocycles. The highest BCUT2D eigenvalue weighted by Crippen LogP contribution is 2.29. The second kappa shape index (κ2) is 7.65. The zero-order valence-corrected chi connectivity index (χ0v) is 18.1. The van der Waals surface area contributed by atoms with E-state index in [2.05, 4.69) is 15.5 Å². The van der Waals surface area contributed by atoms with Crippen molar-refractivity contribution in [3.63, 3.8) is 0 Å². The van der Waals surface area contributed by atoms with Crippen molar-refractivity contribution in [2.45, 2.75) is 6.92 Å². The molecule has 0 bridgehead atoms. The third kappa shape index (κ3) is 3.07. The largest absolute Gasteiger partial charge is 0.320 e. The summed E-state index contributed by atoms with van der Waals surface area (Å²) in [6.45, 7) is 1.77. The Balaban J connectivity index is 1.60. The number of aromatic nitrogens is 2. The summed E-state index contributed by atoms with van der Waals surface area (Å²) < 4.78 is 3.21. The van der Waals surface area contributed by atoms with Crippen LogP contribution in [0, 0.1) is 6.92 Å². The zero-order valence-electron chi connectivity index (χ0n) is 17.3. The zero-order chi connectivity index (χ0) is 22.4. The molecule has 3 aromatic rings. The maximum Gasteiger partial charge on any atom is 0.296 e. The molecule has 2 aliphatic heterocycles. The number of para-hydroxylation sites is 2. The fraction of sp³-hybridized carbons (Fsp3) is 0.136. The van der Waals surface area contributed by atoms with E-state index in [-0.39, 0.29) is 39.7 Å². The molecule has 0 atom stereocenters. The van der Waals surface area contributed by atoms with Crippen molar-refractivity contribution in [3.8, 4) is 5.69 Å². The number of nitrogens with zero attached hydrogens (tertiary/aromatic N) is 5. The van der Waals surface area contributed by atoms with E-state index < -0.39 is 0 Å². The third-order valence-electron chi connectivity index (χ3n) is 5.39. The summed E-state index contributed by atoms with van der Waals surface area (Å²) in [4.78, 5) is 39.7. The number of hydrogen-bond acceptors (Lipinski definition) is 6. The molecule has 0 radical (unpaired) electrons. The number of rotatable bonds is 3. The minimum Gasteiger partial charge on any atom is -0.320 e. The molecule has 5 rings (SSSR count). The van der Waals surface area contributed by atoms with Crippen LogP contribution in [0.3, 0.4) is 0 Å². The lowest BCUT2D eigenvalue weighted by Crippen LogP contribution is -2.34. The number of carbonyl (C=O) groups is 2. The summed E-state index contributed by atoms with van der Waals surface area (Å²) in [5.74, 6) is -0.499. The van der Waals surface area contributed by atoms with Crippen molar-refractivity contribution in [2.24, 2.45) is 17.3 Å². The lowest BCUT2D eigenvalue weighted by Gasteiger charge is -2.13. The molecule has 0 spiro atoms. The Morgan fingerprint density at radius 2 is 1.69 bits per heavy atom. The molecular weight excluding hydrogens is 428 g/mol. The molecule has 1 aromatic heterocycles. The molecule has 0 aliphatic carbocycles. The second-order valence-corrected chi connectivity index (χ2v) is 8.20. The van der Waals surface area contributed by atoms with Crippen molar-refractivity contribution in [3.05, 3.63) is 76.2 Å². The first-order chi connectivity index (χ1) is 15.5. The molecule has 1 fully saturated rings. The number of carbonyl (C=O) groups excluding carboxylic acids is 2. The summed E-state index contributed by atoms with van der Waals surface area (Å²) in [7, 11) is 1.76. The molecule has 10 heteroatoms. The second-order valence-electron chi connectivity index (χ2n) is 7.26. The van der Waals surface area contributed by atoms with Gasteiger partial charge in [0.1, 0.15) is 5.69 Å². The molecule has 1 saturated heterocycles. The average Bonchev–Trinajstić information content (AvgIpc) is 3.38. The van der Waals surface area contributed by atoms with Gasteiger partial charge in [-0.05, 0) is 25.1 Å². The Bertz CT molecular complexity index is 1390. The fourth-order valence-corrected chi connectivity index (χ4v) is 4.56. The van der Waals surface area contributed by atoms with Gasteiger partial charge in [0, 0.05) is 12.6 Å². The highest BCUT2D eigenvalue weighted by atomic mass is 32.2. The van der Waals surface area contributed by atoms with Gasteiger partial charge >= 0.3 is 0 Å². The van der Waals surface area contributed by atoms with Gasteiger partial charge in [0.25, 0.3) is 11.5 Å². The van der Waals surface area contributed by atoms with Gasteiger partial charge < -0.3 is 5.32 Å². The predicted molar refractivity (Wildman–Crippen MR) is 125 cm³/mol. The first-order valence-corrected chi connectivity index (χ1v) is 10.8. The van der Waals surface area contributed by atoms with E-state index in [9.17, 15) is 14.4 Å². The van der Waals surface area contributed by atoms with Gasteiger partial charge in [0.05, 0.1) is 22.8 Å². The van der Waals surface area contributed by atoms with E-state index in [4.69, 9.17) is 0 Å². The lowest BCUT2D eigenvalue weighted by molar-refractivity contribution is -0.115. The minimum absolute atomic E-state index is 0.131. The number of nitrogens with one attached hydrogen (secondary N) is 1. The third-order valence-corrected chi connectivity index (χ3v) is 6.31. The molecule has 0 unspecified atom stereocenters. The lowest BCUT2D eigenvalue weighted by atomic mass is 10.1. The first-order valence-electron chi connectivity index (χ1n) is 9.83. The molecule has 32 heavy (non-hydrogen) atoms. The Morgan fingerprint density at radius 3 is 2.47 bits per heavy atom. The molecule has 2 amide bonds. The molecule has 1 N–H and O–H groups in total. The topological polar surface area (TPSA) is 101 Å². The number of hydrogen-bond donors (Lipinski definition) is 1. The normalized spacial score (nSPS) is 18.0. The standard InChI is InChI=1S/C22H18N6O3S/c1-13-19(21(31)28(26(13)2)14-8-4-3-5-9-14)27-17(29)12-32-22(27)25-24-18-15-10-6-7-11-16(15)23-20(18)30/h3-11H,12H2,1-2H3,(H,23,24,30). The summed E-state index contributed by atoms with van der Waals surface area (Å²) in [5.41, 5.74) is 2.65. The van der Waals surface area contributed by atoms with Crippen LogP contribution < -0.4 is 15.8 Å². The van der Waals surface area contributed by atoms with Crippen LogP contribution in [0.1, 0.15) is 11.3 Å². The molecule has 160 valence electrons. The van der Waals surface area contributed by atoms with Crippen molar-refractivity contribution >= 4 is 45.8 Å². The van der Waals surface area contributed by atoms with Crippen LogP contribution in [-0.2, 0) is 16.6 Å². The Kier molecular flexibility index (Phi) is 4.78. The van der Waals surface area contributed by atoms with Crippen LogP contribution in [0.25, 0.3) is 5.69 Å². The van der Waals surface area contributed by atoms with Crippen LogP contribution in [0.4, 0.5) is 11.4 Å². The van der Waals surface area contributed by atoms with E-state index in [1.54, 1.807) is 36.9 Å². The van der Waals surface area contributed by atoms with E-state index in [1.165, 1.54) is 21.3 Å². The first kappa shape index (κ1) is 20.0. The van der Waals surface area contributed by atoms with Crippen LogP contribution in [0.2, 0.25) is 0 Å². The van der Waals surface area contributed by atoms with Gasteiger partial charge in [-0.3, -0.25) is 19.1 Å². The van der Waals surface area contributed by atoms with E-state index >= 15 is 0 Å². The SMILES string of the molecule is Cc1c(N2C(=O)CSC2=N/N=C2/C(=O)Nc3ccccc32)c(=O)n(-c2ccccc2)n1C. The van der Waals surface area contributed by atoms with Gasteiger partial charge in [-0.1, -0.05) is 48.2 Å².